The largest absolute Gasteiger partial charge is 0.355 e. The Labute approximate surface area is 136 Å². The normalized spacial score (nSPS) is 29.7. The molecule has 128 valence electrons. The molecule has 3 fully saturated rings. The Morgan fingerprint density at radius 3 is 2.41 bits per heavy atom. The molecule has 3 saturated heterocycles. The second kappa shape index (κ2) is 8.73. The van der Waals surface area contributed by atoms with E-state index < -0.39 is 0 Å². The molecule has 0 radical (unpaired) electrons. The van der Waals surface area contributed by atoms with E-state index in [0.29, 0.717) is 12.1 Å². The van der Waals surface area contributed by atoms with E-state index in [0.717, 1.165) is 18.4 Å². The highest BCUT2D eigenvalue weighted by Gasteiger charge is 2.31. The van der Waals surface area contributed by atoms with Crippen LogP contribution in [0.4, 0.5) is 0 Å². The molecule has 3 aliphatic heterocycles. The molecule has 0 aromatic heterocycles. The average Bonchev–Trinajstić information content (AvgIpc) is 2.52. The molecule has 0 aliphatic carbocycles. The SMILES string of the molecule is CN=C(NCC1CN2CCN1CC2)NC(C)CCCC(C)C. The molecule has 3 heterocycles. The van der Waals surface area contributed by atoms with Crippen LogP contribution in [0.3, 0.4) is 0 Å². The fourth-order valence-electron chi connectivity index (χ4n) is 3.47. The number of piperazine rings is 3. The third-order valence-electron chi connectivity index (χ3n) is 4.92. The Kier molecular flexibility index (Phi) is 6.96. The smallest absolute Gasteiger partial charge is 0.191 e. The predicted molar refractivity (Wildman–Crippen MR) is 94.4 cm³/mol. The van der Waals surface area contributed by atoms with Crippen LogP contribution in [0.15, 0.2) is 4.99 Å². The van der Waals surface area contributed by atoms with Gasteiger partial charge in [-0.2, -0.15) is 0 Å². The fourth-order valence-corrected chi connectivity index (χ4v) is 3.47. The Morgan fingerprint density at radius 1 is 1.14 bits per heavy atom. The second-order valence-corrected chi connectivity index (χ2v) is 7.31. The monoisotopic (exact) mass is 309 g/mol. The van der Waals surface area contributed by atoms with Crippen LogP contribution >= 0.6 is 0 Å². The van der Waals surface area contributed by atoms with Gasteiger partial charge in [-0.25, -0.2) is 0 Å². The molecule has 2 atom stereocenters. The molecule has 0 aromatic carbocycles. The van der Waals surface area contributed by atoms with Gasteiger partial charge in [-0.1, -0.05) is 26.7 Å². The van der Waals surface area contributed by atoms with Gasteiger partial charge in [0.1, 0.15) is 0 Å². The Hall–Kier alpha value is -0.810. The lowest BCUT2D eigenvalue weighted by Crippen LogP contribution is -2.64. The number of guanidine groups is 1. The van der Waals surface area contributed by atoms with Gasteiger partial charge < -0.3 is 10.6 Å². The number of nitrogens with one attached hydrogen (secondary N) is 2. The van der Waals surface area contributed by atoms with E-state index in [9.17, 15) is 0 Å². The van der Waals surface area contributed by atoms with Crippen molar-refractivity contribution in [3.63, 3.8) is 0 Å². The highest BCUT2D eigenvalue weighted by atomic mass is 15.4. The molecule has 0 aromatic rings. The minimum atomic E-state index is 0.483. The number of rotatable bonds is 7. The molecular weight excluding hydrogens is 274 g/mol. The average molecular weight is 310 g/mol. The number of aliphatic imine (C=N–C) groups is 1. The second-order valence-electron chi connectivity index (χ2n) is 7.31. The first kappa shape index (κ1) is 17.5. The standard InChI is InChI=1S/C17H35N5/c1-14(2)6-5-7-15(3)20-17(18-4)19-12-16-13-21-8-10-22(16)11-9-21/h14-16H,5-13H2,1-4H3,(H2,18,19,20). The van der Waals surface area contributed by atoms with Crippen molar-refractivity contribution < 1.29 is 0 Å². The zero-order valence-corrected chi connectivity index (χ0v) is 14.9. The summed E-state index contributed by atoms with van der Waals surface area (Å²) in [7, 11) is 1.87. The van der Waals surface area contributed by atoms with Crippen LogP contribution in [0.25, 0.3) is 0 Å². The van der Waals surface area contributed by atoms with Crippen molar-refractivity contribution in [2.45, 2.75) is 52.1 Å². The zero-order valence-electron chi connectivity index (χ0n) is 14.9. The fraction of sp³-hybridized carbons (Fsp3) is 0.941. The van der Waals surface area contributed by atoms with E-state index in [1.54, 1.807) is 0 Å². The van der Waals surface area contributed by atoms with E-state index in [2.05, 4.69) is 46.2 Å². The first-order valence-electron chi connectivity index (χ1n) is 9.02. The first-order valence-corrected chi connectivity index (χ1v) is 9.02. The van der Waals surface area contributed by atoms with Crippen LogP contribution in [-0.4, -0.2) is 74.2 Å². The van der Waals surface area contributed by atoms with Crippen molar-refractivity contribution in [3.8, 4) is 0 Å². The Balaban J connectivity index is 1.66. The van der Waals surface area contributed by atoms with Gasteiger partial charge in [0.05, 0.1) is 0 Å². The molecule has 0 spiro atoms. The number of nitrogens with zero attached hydrogens (tertiary/aromatic N) is 3. The molecule has 0 amide bonds. The van der Waals surface area contributed by atoms with Gasteiger partial charge in [0.25, 0.3) is 0 Å². The highest BCUT2D eigenvalue weighted by molar-refractivity contribution is 5.79. The van der Waals surface area contributed by atoms with Gasteiger partial charge in [-0.15, -0.1) is 0 Å². The lowest BCUT2D eigenvalue weighted by atomic mass is 10.0. The maximum atomic E-state index is 4.38. The summed E-state index contributed by atoms with van der Waals surface area (Å²) in [6.45, 7) is 14.0. The molecule has 2 N–H and O–H groups in total. The van der Waals surface area contributed by atoms with Gasteiger partial charge in [0.2, 0.25) is 0 Å². The van der Waals surface area contributed by atoms with E-state index in [1.807, 2.05) is 7.05 Å². The Morgan fingerprint density at radius 2 is 1.86 bits per heavy atom. The van der Waals surface area contributed by atoms with E-state index in [1.165, 1.54) is 52.0 Å². The third-order valence-corrected chi connectivity index (χ3v) is 4.92. The molecule has 5 nitrogen and oxygen atoms in total. The lowest BCUT2D eigenvalue weighted by Gasteiger charge is -2.47. The third kappa shape index (κ3) is 5.43. The minimum Gasteiger partial charge on any atom is -0.355 e. The minimum absolute atomic E-state index is 0.483. The van der Waals surface area contributed by atoms with Crippen molar-refractivity contribution in [1.82, 2.24) is 20.4 Å². The number of hydrogen-bond donors (Lipinski definition) is 2. The Bertz CT molecular complexity index is 347. The predicted octanol–water partition coefficient (Wildman–Crippen LogP) is 1.37. The van der Waals surface area contributed by atoms with Crippen LogP contribution in [0.5, 0.6) is 0 Å². The van der Waals surface area contributed by atoms with Gasteiger partial charge >= 0.3 is 0 Å². The summed E-state index contributed by atoms with van der Waals surface area (Å²) in [5.74, 6) is 1.75. The summed E-state index contributed by atoms with van der Waals surface area (Å²) in [6.07, 6.45) is 3.81. The van der Waals surface area contributed by atoms with Gasteiger partial charge in [0, 0.05) is 58.4 Å². The van der Waals surface area contributed by atoms with Crippen molar-refractivity contribution in [3.05, 3.63) is 0 Å². The molecule has 2 bridgehead atoms. The van der Waals surface area contributed by atoms with Gasteiger partial charge in [-0.05, 0) is 19.3 Å². The van der Waals surface area contributed by atoms with Crippen LogP contribution < -0.4 is 10.6 Å². The topological polar surface area (TPSA) is 42.9 Å². The maximum absolute atomic E-state index is 4.38. The summed E-state index contributed by atoms with van der Waals surface area (Å²) in [6, 6.07) is 1.12. The van der Waals surface area contributed by atoms with Crippen LogP contribution in [0.1, 0.15) is 40.0 Å². The molecule has 5 heteroatoms. The molecule has 0 saturated carbocycles. The zero-order chi connectivity index (χ0) is 15.9. The van der Waals surface area contributed by atoms with E-state index in [-0.39, 0.29) is 0 Å². The van der Waals surface area contributed by atoms with Gasteiger partial charge in [0.15, 0.2) is 5.96 Å². The molecule has 22 heavy (non-hydrogen) atoms. The summed E-state index contributed by atoms with van der Waals surface area (Å²) >= 11 is 0. The van der Waals surface area contributed by atoms with Gasteiger partial charge in [-0.3, -0.25) is 14.8 Å². The van der Waals surface area contributed by atoms with Crippen LogP contribution in [0, 0.1) is 5.92 Å². The molecule has 3 aliphatic rings. The van der Waals surface area contributed by atoms with Crippen molar-refractivity contribution in [2.24, 2.45) is 10.9 Å². The van der Waals surface area contributed by atoms with E-state index in [4.69, 9.17) is 0 Å². The molecule has 3 rings (SSSR count). The number of hydrogen-bond acceptors (Lipinski definition) is 3. The summed E-state index contributed by atoms with van der Waals surface area (Å²) in [5, 5.41) is 7.06. The molecular formula is C17H35N5. The first-order chi connectivity index (χ1) is 10.6. The summed E-state index contributed by atoms with van der Waals surface area (Å²) < 4.78 is 0. The lowest BCUT2D eigenvalue weighted by molar-refractivity contribution is 0.0154. The van der Waals surface area contributed by atoms with Crippen molar-refractivity contribution >= 4 is 5.96 Å². The summed E-state index contributed by atoms with van der Waals surface area (Å²) in [5.41, 5.74) is 0. The van der Waals surface area contributed by atoms with Crippen molar-refractivity contribution in [2.75, 3.05) is 46.3 Å². The maximum Gasteiger partial charge on any atom is 0.191 e. The molecule has 2 unspecified atom stereocenters. The van der Waals surface area contributed by atoms with Crippen LogP contribution in [-0.2, 0) is 0 Å². The quantitative estimate of drug-likeness (QED) is 0.551. The highest BCUT2D eigenvalue weighted by Crippen LogP contribution is 2.14. The van der Waals surface area contributed by atoms with Crippen molar-refractivity contribution in [1.29, 1.82) is 0 Å². The van der Waals surface area contributed by atoms with E-state index >= 15 is 0 Å². The van der Waals surface area contributed by atoms with Crippen LogP contribution in [0.2, 0.25) is 0 Å². The summed E-state index contributed by atoms with van der Waals surface area (Å²) in [4.78, 5) is 9.58. The number of fused-ring (bicyclic) bond motifs is 3.